The maximum Gasteiger partial charge on any atom is 0.264 e. The van der Waals surface area contributed by atoms with E-state index in [0.717, 1.165) is 21.5 Å². The van der Waals surface area contributed by atoms with Crippen molar-refractivity contribution in [2.45, 2.75) is 6.42 Å². The second kappa shape index (κ2) is 5.92. The number of ether oxygens (including phenoxy) is 1. The molecule has 0 aliphatic carbocycles. The lowest BCUT2D eigenvalue weighted by atomic mass is 10.1. The first-order valence-electron chi connectivity index (χ1n) is 7.39. The number of rotatable bonds is 3. The van der Waals surface area contributed by atoms with Crippen molar-refractivity contribution in [2.24, 2.45) is 0 Å². The Labute approximate surface area is 146 Å². The van der Waals surface area contributed by atoms with Crippen LogP contribution in [0.2, 0.25) is 5.15 Å². The first kappa shape index (κ1) is 15.2. The van der Waals surface area contributed by atoms with Crippen molar-refractivity contribution >= 4 is 38.1 Å². The van der Waals surface area contributed by atoms with Crippen LogP contribution in [0.5, 0.6) is 5.75 Å². The summed E-state index contributed by atoms with van der Waals surface area (Å²) in [6.45, 7) is 0. The molecule has 0 radical (unpaired) electrons. The highest BCUT2D eigenvalue weighted by molar-refractivity contribution is 7.23. The Morgan fingerprint density at radius 3 is 2.75 bits per heavy atom. The molecule has 120 valence electrons. The Balaban J connectivity index is 1.95. The van der Waals surface area contributed by atoms with Gasteiger partial charge in [-0.15, -0.1) is 0 Å². The number of thiazole rings is 1. The second-order valence-corrected chi connectivity index (χ2v) is 6.77. The van der Waals surface area contributed by atoms with Crippen molar-refractivity contribution in [1.29, 1.82) is 0 Å². The van der Waals surface area contributed by atoms with E-state index < -0.39 is 0 Å². The van der Waals surface area contributed by atoms with Gasteiger partial charge in [0.2, 0.25) is 0 Å². The normalized spacial score (nSPS) is 11.2. The number of aromatic nitrogens is 2. The zero-order valence-corrected chi connectivity index (χ0v) is 14.4. The van der Waals surface area contributed by atoms with E-state index in [1.807, 2.05) is 48.5 Å². The van der Waals surface area contributed by atoms with E-state index in [4.69, 9.17) is 16.3 Å². The van der Waals surface area contributed by atoms with Crippen LogP contribution in [0.3, 0.4) is 0 Å². The van der Waals surface area contributed by atoms with Crippen molar-refractivity contribution in [2.75, 3.05) is 7.11 Å². The quantitative estimate of drug-likeness (QED) is 0.518. The van der Waals surface area contributed by atoms with Gasteiger partial charge in [-0.05, 0) is 23.8 Å². The van der Waals surface area contributed by atoms with Gasteiger partial charge in [-0.2, -0.15) is 0 Å². The van der Waals surface area contributed by atoms with Crippen LogP contribution in [0.4, 0.5) is 0 Å². The third-order valence-electron chi connectivity index (χ3n) is 3.93. The monoisotopic (exact) mass is 356 g/mol. The van der Waals surface area contributed by atoms with Crippen molar-refractivity contribution < 1.29 is 4.74 Å². The van der Waals surface area contributed by atoms with Crippen LogP contribution in [0, 0.1) is 0 Å². The van der Waals surface area contributed by atoms with Gasteiger partial charge in [0.05, 0.1) is 22.9 Å². The number of hydrogen-bond acceptors (Lipinski definition) is 4. The second-order valence-electron chi connectivity index (χ2n) is 5.40. The number of hydrogen-bond donors (Lipinski definition) is 0. The molecule has 6 heteroatoms. The van der Waals surface area contributed by atoms with Crippen LogP contribution < -0.4 is 10.3 Å². The van der Waals surface area contributed by atoms with Gasteiger partial charge in [-0.3, -0.25) is 9.20 Å². The van der Waals surface area contributed by atoms with E-state index in [2.05, 4.69) is 4.98 Å². The van der Waals surface area contributed by atoms with Crippen LogP contribution in [0.15, 0.2) is 53.3 Å². The van der Waals surface area contributed by atoms with Crippen molar-refractivity contribution in [3.05, 3.63) is 75.2 Å². The minimum Gasteiger partial charge on any atom is -0.497 e. The van der Waals surface area contributed by atoms with E-state index in [1.54, 1.807) is 11.5 Å². The molecule has 4 nitrogen and oxygen atoms in total. The van der Waals surface area contributed by atoms with Crippen LogP contribution in [0.1, 0.15) is 11.1 Å². The molecule has 0 aliphatic heterocycles. The minimum atomic E-state index is -0.120. The Morgan fingerprint density at radius 1 is 1.21 bits per heavy atom. The van der Waals surface area contributed by atoms with Crippen LogP contribution in [-0.4, -0.2) is 16.5 Å². The fraction of sp³-hybridized carbons (Fsp3) is 0.111. The molecule has 24 heavy (non-hydrogen) atoms. The largest absolute Gasteiger partial charge is 0.497 e. The fourth-order valence-electron chi connectivity index (χ4n) is 2.73. The minimum absolute atomic E-state index is 0.120. The molecule has 0 bridgehead atoms. The molecular weight excluding hydrogens is 344 g/mol. The molecule has 2 heterocycles. The molecule has 0 saturated heterocycles. The summed E-state index contributed by atoms with van der Waals surface area (Å²) in [5, 5.41) is 0.266. The van der Waals surface area contributed by atoms with Crippen molar-refractivity contribution in [3.63, 3.8) is 0 Å². The Hall–Kier alpha value is -2.37. The first-order valence-corrected chi connectivity index (χ1v) is 8.58. The molecule has 2 aromatic carbocycles. The lowest BCUT2D eigenvalue weighted by molar-refractivity contribution is 0.415. The molecule has 0 amide bonds. The topological polar surface area (TPSA) is 43.6 Å². The molecule has 0 fully saturated rings. The van der Waals surface area contributed by atoms with Gasteiger partial charge in [0.25, 0.3) is 5.56 Å². The van der Waals surface area contributed by atoms with Crippen LogP contribution in [-0.2, 0) is 6.42 Å². The summed E-state index contributed by atoms with van der Waals surface area (Å²) in [4.78, 5) is 18.0. The lowest BCUT2D eigenvalue weighted by Crippen LogP contribution is -2.19. The highest BCUT2D eigenvalue weighted by Gasteiger charge is 2.16. The van der Waals surface area contributed by atoms with Gasteiger partial charge in [0, 0.05) is 6.42 Å². The Morgan fingerprint density at radius 2 is 2.00 bits per heavy atom. The van der Waals surface area contributed by atoms with E-state index >= 15 is 0 Å². The molecule has 0 spiro atoms. The fourth-order valence-corrected chi connectivity index (χ4v) is 4.05. The number of fused-ring (bicyclic) bond motifs is 3. The maximum absolute atomic E-state index is 13.0. The average Bonchev–Trinajstić information content (AvgIpc) is 2.96. The predicted octanol–water partition coefficient (Wildman–Crippen LogP) is 4.16. The van der Waals surface area contributed by atoms with Gasteiger partial charge in [-0.25, -0.2) is 4.98 Å². The summed E-state index contributed by atoms with van der Waals surface area (Å²) >= 11 is 7.72. The smallest absolute Gasteiger partial charge is 0.264 e. The molecule has 4 aromatic rings. The summed E-state index contributed by atoms with van der Waals surface area (Å²) in [6.07, 6.45) is 0.460. The van der Waals surface area contributed by atoms with E-state index in [1.165, 1.54) is 11.3 Å². The number of benzene rings is 2. The van der Waals surface area contributed by atoms with Crippen LogP contribution in [0.25, 0.3) is 15.2 Å². The molecule has 0 atom stereocenters. The predicted molar refractivity (Wildman–Crippen MR) is 97.7 cm³/mol. The van der Waals surface area contributed by atoms with Gasteiger partial charge < -0.3 is 4.74 Å². The van der Waals surface area contributed by atoms with Gasteiger partial charge in [0.15, 0.2) is 4.96 Å². The number of nitrogens with zero attached hydrogens (tertiary/aromatic N) is 2. The summed E-state index contributed by atoms with van der Waals surface area (Å²) in [7, 11) is 1.62. The number of halogens is 1. The molecule has 4 rings (SSSR count). The molecular formula is C18H13ClN2O2S. The first-order chi connectivity index (χ1) is 11.7. The van der Waals surface area contributed by atoms with E-state index in [0.29, 0.717) is 16.9 Å². The summed E-state index contributed by atoms with van der Waals surface area (Å²) in [5.41, 5.74) is 2.24. The number of methoxy groups -OCH3 is 1. The van der Waals surface area contributed by atoms with Crippen molar-refractivity contribution in [3.8, 4) is 5.75 Å². The van der Waals surface area contributed by atoms with Crippen LogP contribution >= 0.6 is 22.9 Å². The third-order valence-corrected chi connectivity index (χ3v) is 5.24. The molecule has 2 aromatic heterocycles. The standard InChI is InChI=1S/C18H13ClN2O2S/c1-23-12-7-8-14-15(10-12)24-18-20-16(19)13(17(22)21(14)18)9-11-5-3-2-4-6-11/h2-8,10H,9H2,1H3. The maximum atomic E-state index is 13.0. The SMILES string of the molecule is COc1ccc2c(c1)sc1nc(Cl)c(Cc3ccccc3)c(=O)n12. The van der Waals surface area contributed by atoms with Gasteiger partial charge in [0.1, 0.15) is 10.9 Å². The molecule has 0 aliphatic rings. The zero-order chi connectivity index (χ0) is 16.7. The third kappa shape index (κ3) is 2.46. The van der Waals surface area contributed by atoms with Crippen molar-refractivity contribution in [1.82, 2.24) is 9.38 Å². The molecule has 0 saturated carbocycles. The summed E-state index contributed by atoms with van der Waals surface area (Å²) < 4.78 is 7.81. The lowest BCUT2D eigenvalue weighted by Gasteiger charge is -2.05. The summed E-state index contributed by atoms with van der Waals surface area (Å²) in [6, 6.07) is 15.4. The zero-order valence-electron chi connectivity index (χ0n) is 12.8. The van der Waals surface area contributed by atoms with E-state index in [9.17, 15) is 4.79 Å². The van der Waals surface area contributed by atoms with E-state index in [-0.39, 0.29) is 10.7 Å². The van der Waals surface area contributed by atoms with Gasteiger partial charge in [-0.1, -0.05) is 53.3 Å². The molecule has 0 unspecified atom stereocenters. The highest BCUT2D eigenvalue weighted by atomic mass is 35.5. The highest BCUT2D eigenvalue weighted by Crippen LogP contribution is 2.29. The Bertz CT molecular complexity index is 1100. The molecule has 0 N–H and O–H groups in total. The Kier molecular flexibility index (Phi) is 3.75. The average molecular weight is 357 g/mol. The summed E-state index contributed by atoms with van der Waals surface area (Å²) in [5.74, 6) is 0.748. The van der Waals surface area contributed by atoms with Gasteiger partial charge >= 0.3 is 0 Å².